The molecule has 1 saturated heterocycles. The van der Waals surface area contributed by atoms with Crippen molar-refractivity contribution in [2.75, 3.05) is 13.1 Å². The normalized spacial score (nSPS) is 14.9. The molecule has 1 aliphatic heterocycles. The number of aldehydes is 1. The zero-order valence-electron chi connectivity index (χ0n) is 20.2. The van der Waals surface area contributed by atoms with E-state index in [1.807, 2.05) is 29.1 Å². The lowest BCUT2D eigenvalue weighted by Gasteiger charge is -2.30. The van der Waals surface area contributed by atoms with Gasteiger partial charge in [-0.2, -0.15) is 13.2 Å². The van der Waals surface area contributed by atoms with Crippen molar-refractivity contribution in [2.45, 2.75) is 50.6 Å². The number of nitrogens with zero attached hydrogens (tertiary/aromatic N) is 5. The van der Waals surface area contributed by atoms with E-state index < -0.39 is 11.7 Å². The Morgan fingerprint density at radius 3 is 2.41 bits per heavy atom. The predicted octanol–water partition coefficient (Wildman–Crippen LogP) is 3.39. The van der Waals surface area contributed by atoms with Crippen molar-refractivity contribution in [3.05, 3.63) is 82.5 Å². The Balaban J connectivity index is 1.46. The Kier molecular flexibility index (Phi) is 8.76. The fraction of sp³-hybridized carbons (Fsp3) is 0.385. The van der Waals surface area contributed by atoms with Gasteiger partial charge in [0.1, 0.15) is 18.4 Å². The lowest BCUT2D eigenvalue weighted by atomic mass is 9.84. The maximum absolute atomic E-state index is 13.6. The summed E-state index contributed by atoms with van der Waals surface area (Å²) in [4.78, 5) is 39.9. The highest BCUT2D eigenvalue weighted by atomic mass is 19.4. The van der Waals surface area contributed by atoms with Gasteiger partial charge in [-0.15, -0.1) is 0 Å². The maximum Gasteiger partial charge on any atom is 0.419 e. The van der Waals surface area contributed by atoms with E-state index in [1.165, 1.54) is 18.1 Å². The van der Waals surface area contributed by atoms with Crippen LogP contribution in [0.25, 0.3) is 0 Å². The highest BCUT2D eigenvalue weighted by molar-refractivity contribution is 6.64. The lowest BCUT2D eigenvalue weighted by molar-refractivity contribution is -0.138. The van der Waals surface area contributed by atoms with Crippen LogP contribution in [0.5, 0.6) is 0 Å². The minimum absolute atomic E-state index is 0.00635. The van der Waals surface area contributed by atoms with Gasteiger partial charge in [0.2, 0.25) is 0 Å². The zero-order chi connectivity index (χ0) is 26.3. The molecular formula is C26H26BF3N5O2. The molecule has 1 radical (unpaired) electrons. The summed E-state index contributed by atoms with van der Waals surface area (Å²) in [6, 6.07) is 8.03. The maximum atomic E-state index is 13.6. The van der Waals surface area contributed by atoms with Crippen LogP contribution in [0.4, 0.5) is 13.2 Å². The SMILES string of the molecule is O=C[B]N1CCC(c2ccc(Cc3ncc(C(F)(F)F)c(CCc4ncncc4CC=O)n3)cc2)CC1. The molecule has 0 atom stereocenters. The van der Waals surface area contributed by atoms with Crippen LogP contribution in [0.3, 0.4) is 0 Å². The molecular weight excluding hydrogens is 482 g/mol. The second kappa shape index (κ2) is 12.2. The van der Waals surface area contributed by atoms with Crippen LogP contribution in [0, 0.1) is 0 Å². The van der Waals surface area contributed by atoms with E-state index in [-0.39, 0.29) is 25.0 Å². The molecule has 0 unspecified atom stereocenters. The highest BCUT2D eigenvalue weighted by Crippen LogP contribution is 2.32. The third kappa shape index (κ3) is 7.06. The molecule has 3 heterocycles. The topological polar surface area (TPSA) is 88.9 Å². The molecule has 4 rings (SSSR count). The number of hydrogen-bond donors (Lipinski definition) is 0. The number of piperidine rings is 1. The van der Waals surface area contributed by atoms with Crippen molar-refractivity contribution in [1.82, 2.24) is 24.7 Å². The van der Waals surface area contributed by atoms with E-state index in [1.54, 1.807) is 7.41 Å². The number of halogens is 3. The molecule has 1 aromatic carbocycles. The van der Waals surface area contributed by atoms with Gasteiger partial charge in [0.25, 0.3) is 7.41 Å². The van der Waals surface area contributed by atoms with Gasteiger partial charge in [0.05, 0.1) is 17.4 Å². The van der Waals surface area contributed by atoms with Gasteiger partial charge < -0.3 is 14.4 Å². The molecule has 1 fully saturated rings. The number of aromatic nitrogens is 4. The van der Waals surface area contributed by atoms with Gasteiger partial charge in [0.15, 0.2) is 0 Å². The zero-order valence-corrected chi connectivity index (χ0v) is 20.2. The average molecular weight is 508 g/mol. The molecule has 2 aromatic heterocycles. The van der Waals surface area contributed by atoms with Crippen molar-refractivity contribution >= 4 is 19.9 Å². The van der Waals surface area contributed by atoms with Crippen LogP contribution in [-0.4, -0.2) is 57.7 Å². The molecule has 3 aromatic rings. The molecule has 37 heavy (non-hydrogen) atoms. The van der Waals surface area contributed by atoms with Crippen molar-refractivity contribution in [1.29, 1.82) is 0 Å². The number of aryl methyl sites for hydroxylation is 2. The summed E-state index contributed by atoms with van der Waals surface area (Å²) in [7, 11) is 1.58. The quantitative estimate of drug-likeness (QED) is 0.307. The Morgan fingerprint density at radius 1 is 1.00 bits per heavy atom. The number of hydrogen-bond acceptors (Lipinski definition) is 7. The molecule has 0 spiro atoms. The van der Waals surface area contributed by atoms with Gasteiger partial charge in [-0.1, -0.05) is 24.3 Å². The average Bonchev–Trinajstić information content (AvgIpc) is 2.89. The fourth-order valence-corrected chi connectivity index (χ4v) is 4.64. The predicted molar refractivity (Wildman–Crippen MR) is 132 cm³/mol. The van der Waals surface area contributed by atoms with E-state index in [4.69, 9.17) is 0 Å². The van der Waals surface area contributed by atoms with Gasteiger partial charge in [-0.25, -0.2) is 19.9 Å². The third-order valence-corrected chi connectivity index (χ3v) is 6.62. The summed E-state index contributed by atoms with van der Waals surface area (Å²) < 4.78 is 40.9. The van der Waals surface area contributed by atoms with E-state index in [0.717, 1.165) is 43.9 Å². The van der Waals surface area contributed by atoms with Gasteiger partial charge in [0, 0.05) is 30.9 Å². The monoisotopic (exact) mass is 508 g/mol. The van der Waals surface area contributed by atoms with Gasteiger partial charge >= 0.3 is 6.18 Å². The van der Waals surface area contributed by atoms with Crippen molar-refractivity contribution in [3.63, 3.8) is 0 Å². The first kappa shape index (κ1) is 26.6. The molecule has 0 amide bonds. The number of rotatable bonds is 10. The highest BCUT2D eigenvalue weighted by Gasteiger charge is 2.35. The summed E-state index contributed by atoms with van der Waals surface area (Å²) in [5.74, 6) is 0.717. The van der Waals surface area contributed by atoms with E-state index in [2.05, 4.69) is 19.9 Å². The van der Waals surface area contributed by atoms with E-state index in [0.29, 0.717) is 35.7 Å². The Labute approximate surface area is 213 Å². The van der Waals surface area contributed by atoms with E-state index >= 15 is 0 Å². The van der Waals surface area contributed by atoms with Crippen molar-refractivity contribution in [3.8, 4) is 0 Å². The van der Waals surface area contributed by atoms with Gasteiger partial charge in [-0.05, 0) is 61.4 Å². The first-order valence-corrected chi connectivity index (χ1v) is 12.1. The molecule has 0 saturated carbocycles. The summed E-state index contributed by atoms with van der Waals surface area (Å²) in [5.41, 5.74) is 2.28. The lowest BCUT2D eigenvalue weighted by Crippen LogP contribution is -2.36. The van der Waals surface area contributed by atoms with Crippen LogP contribution >= 0.6 is 0 Å². The molecule has 191 valence electrons. The minimum Gasteiger partial charge on any atom is -0.340 e. The molecule has 0 N–H and O–H groups in total. The summed E-state index contributed by atoms with van der Waals surface area (Å²) in [6.45, 7) is 1.66. The number of carbonyl (C=O) groups excluding carboxylic acids is 2. The molecule has 7 nitrogen and oxygen atoms in total. The first-order chi connectivity index (χ1) is 17.9. The fourth-order valence-electron chi connectivity index (χ4n) is 4.64. The Morgan fingerprint density at radius 2 is 1.73 bits per heavy atom. The van der Waals surface area contributed by atoms with Crippen LogP contribution in [0.1, 0.15) is 58.2 Å². The summed E-state index contributed by atoms with van der Waals surface area (Å²) >= 11 is 0. The van der Waals surface area contributed by atoms with Crippen LogP contribution in [0.2, 0.25) is 0 Å². The van der Waals surface area contributed by atoms with Crippen LogP contribution in [0.15, 0.2) is 43.0 Å². The molecule has 1 aliphatic rings. The largest absolute Gasteiger partial charge is 0.419 e. The summed E-state index contributed by atoms with van der Waals surface area (Å²) in [6.07, 6.45) is 3.14. The van der Waals surface area contributed by atoms with E-state index in [9.17, 15) is 22.8 Å². The Bertz CT molecular complexity index is 1220. The molecule has 0 aliphatic carbocycles. The summed E-state index contributed by atoms with van der Waals surface area (Å²) in [5, 5.41) is 0. The number of carbonyl (C=O) groups is 2. The van der Waals surface area contributed by atoms with Crippen LogP contribution < -0.4 is 0 Å². The van der Waals surface area contributed by atoms with Crippen LogP contribution in [-0.2, 0) is 41.4 Å². The minimum atomic E-state index is -4.58. The molecule has 0 bridgehead atoms. The van der Waals surface area contributed by atoms with Crippen molar-refractivity contribution < 1.29 is 22.8 Å². The van der Waals surface area contributed by atoms with Gasteiger partial charge in [-0.3, -0.25) is 0 Å². The Hall–Kier alpha value is -3.47. The molecule has 11 heteroatoms. The second-order valence-electron chi connectivity index (χ2n) is 9.02. The van der Waals surface area contributed by atoms with Crippen molar-refractivity contribution in [2.24, 2.45) is 0 Å². The number of alkyl halides is 3. The standard InChI is InChI=1S/C26H26BF3N5O2/c28-26(29,30)22-15-32-25(34-24(22)6-5-23-21(9-12-36)14-31-17-33-23)13-18-1-3-19(4-2-18)20-7-10-35(11-8-20)27-16-37/h1-4,12,14-17,20H,5-11,13H2. The third-order valence-electron chi connectivity index (χ3n) is 6.62. The second-order valence-corrected chi connectivity index (χ2v) is 9.02. The first-order valence-electron chi connectivity index (χ1n) is 12.1. The number of benzene rings is 1. The smallest absolute Gasteiger partial charge is 0.340 e.